The number of rotatable bonds is 9. The van der Waals surface area contributed by atoms with Crippen molar-refractivity contribution < 1.29 is 14.3 Å². The van der Waals surface area contributed by atoms with Crippen molar-refractivity contribution in [3.05, 3.63) is 80.8 Å². The van der Waals surface area contributed by atoms with Crippen molar-refractivity contribution in [1.29, 1.82) is 0 Å². The van der Waals surface area contributed by atoms with E-state index in [1.54, 1.807) is 17.5 Å². The first-order valence-corrected chi connectivity index (χ1v) is 11.1. The second-order valence-corrected chi connectivity index (χ2v) is 8.41. The van der Waals surface area contributed by atoms with Gasteiger partial charge in [0.2, 0.25) is 0 Å². The second-order valence-electron chi connectivity index (χ2n) is 7.47. The number of hydrogen-bond donors (Lipinski definition) is 2. The monoisotopic (exact) mass is 437 g/mol. The molecule has 0 aliphatic carbocycles. The summed E-state index contributed by atoms with van der Waals surface area (Å²) in [6, 6.07) is 13.5. The van der Waals surface area contributed by atoms with Crippen LogP contribution < -0.4 is 15.4 Å². The minimum absolute atomic E-state index is 0.112. The molecular weight excluding hydrogens is 410 g/mol. The fourth-order valence-corrected chi connectivity index (χ4v) is 3.72. The molecule has 162 valence electrons. The zero-order valence-corrected chi connectivity index (χ0v) is 18.8. The number of hydrogen-bond acceptors (Lipinski definition) is 5. The third kappa shape index (κ3) is 6.93. The third-order valence-electron chi connectivity index (χ3n) is 4.58. The van der Waals surface area contributed by atoms with Crippen molar-refractivity contribution in [2.24, 2.45) is 0 Å². The maximum Gasteiger partial charge on any atom is 0.270 e. The van der Waals surface area contributed by atoms with Gasteiger partial charge in [-0.15, -0.1) is 11.3 Å². The van der Waals surface area contributed by atoms with E-state index in [0.717, 1.165) is 27.4 Å². The lowest BCUT2D eigenvalue weighted by Crippen LogP contribution is -2.30. The van der Waals surface area contributed by atoms with Gasteiger partial charge in [0.05, 0.1) is 0 Å². The Morgan fingerprint density at radius 3 is 2.23 bits per heavy atom. The van der Waals surface area contributed by atoms with Crippen molar-refractivity contribution in [3.8, 4) is 5.75 Å². The number of amides is 2. The Kier molecular flexibility index (Phi) is 7.78. The molecule has 2 aromatic carbocycles. The van der Waals surface area contributed by atoms with Crippen molar-refractivity contribution in [2.45, 2.75) is 33.8 Å². The fourth-order valence-electron chi connectivity index (χ4n) is 3.03. The lowest BCUT2D eigenvalue weighted by molar-refractivity contribution is 0.0948. The molecule has 1 aromatic heterocycles. The normalized spacial score (nSPS) is 10.5. The molecule has 0 atom stereocenters. The van der Waals surface area contributed by atoms with Gasteiger partial charge in [0.1, 0.15) is 23.1 Å². The number of thiazole rings is 1. The van der Waals surface area contributed by atoms with Gasteiger partial charge in [0.25, 0.3) is 11.8 Å². The van der Waals surface area contributed by atoms with Crippen molar-refractivity contribution >= 4 is 23.2 Å². The maximum absolute atomic E-state index is 12.3. The van der Waals surface area contributed by atoms with Gasteiger partial charge < -0.3 is 15.4 Å². The molecule has 3 rings (SSSR count). The van der Waals surface area contributed by atoms with Crippen LogP contribution in [0.4, 0.5) is 0 Å². The van der Waals surface area contributed by atoms with Crippen LogP contribution in [-0.2, 0) is 6.61 Å². The highest BCUT2D eigenvalue weighted by molar-refractivity contribution is 7.09. The van der Waals surface area contributed by atoms with Gasteiger partial charge in [-0.1, -0.05) is 23.8 Å². The van der Waals surface area contributed by atoms with Gasteiger partial charge in [-0.2, -0.15) is 0 Å². The summed E-state index contributed by atoms with van der Waals surface area (Å²) in [7, 11) is 0. The molecule has 0 unspecified atom stereocenters. The Labute approximate surface area is 186 Å². The molecule has 6 nitrogen and oxygen atoms in total. The predicted molar refractivity (Wildman–Crippen MR) is 123 cm³/mol. The first-order chi connectivity index (χ1) is 14.9. The van der Waals surface area contributed by atoms with Crippen LogP contribution >= 0.6 is 11.3 Å². The summed E-state index contributed by atoms with van der Waals surface area (Å²) in [5, 5.41) is 8.17. The van der Waals surface area contributed by atoms with Gasteiger partial charge in [-0.3, -0.25) is 9.59 Å². The number of benzene rings is 2. The summed E-state index contributed by atoms with van der Waals surface area (Å²) in [5.41, 5.74) is 4.41. The molecule has 0 spiro atoms. The highest BCUT2D eigenvalue weighted by Gasteiger charge is 2.11. The van der Waals surface area contributed by atoms with Crippen LogP contribution in [-0.4, -0.2) is 29.9 Å². The van der Waals surface area contributed by atoms with E-state index >= 15 is 0 Å². The maximum atomic E-state index is 12.3. The molecule has 2 N–H and O–H groups in total. The highest BCUT2D eigenvalue weighted by atomic mass is 32.1. The molecule has 0 aliphatic rings. The SMILES string of the molecule is Cc1ccc(C(=O)NCCCNC(=O)c2csc(COc3cc(C)cc(C)c3)n2)cc1. The summed E-state index contributed by atoms with van der Waals surface area (Å²) >= 11 is 1.40. The van der Waals surface area contributed by atoms with E-state index in [1.807, 2.05) is 45.0 Å². The molecule has 0 aliphatic heterocycles. The van der Waals surface area contributed by atoms with Crippen LogP contribution in [0, 0.1) is 20.8 Å². The zero-order chi connectivity index (χ0) is 22.2. The standard InChI is InChI=1S/C24H27N3O3S/c1-16-5-7-19(8-6-16)23(28)25-9-4-10-26-24(29)21-15-31-22(27-21)14-30-20-12-17(2)11-18(3)13-20/h5-8,11-13,15H,4,9-10,14H2,1-3H3,(H,25,28)(H,26,29). The van der Waals surface area contributed by atoms with Gasteiger partial charge in [0.15, 0.2) is 0 Å². The molecule has 31 heavy (non-hydrogen) atoms. The summed E-state index contributed by atoms with van der Waals surface area (Å²) in [5.74, 6) is 0.462. The topological polar surface area (TPSA) is 80.3 Å². The quantitative estimate of drug-likeness (QED) is 0.492. The van der Waals surface area contributed by atoms with Gasteiger partial charge in [-0.25, -0.2) is 4.98 Å². The van der Waals surface area contributed by atoms with Gasteiger partial charge >= 0.3 is 0 Å². The van der Waals surface area contributed by atoms with Gasteiger partial charge in [-0.05, 0) is 62.6 Å². The summed E-state index contributed by atoms with van der Waals surface area (Å²) in [6.07, 6.45) is 0.635. The number of carbonyl (C=O) groups excluding carboxylic acids is 2. The highest BCUT2D eigenvalue weighted by Crippen LogP contribution is 2.19. The average Bonchev–Trinajstić information content (AvgIpc) is 3.21. The number of carbonyl (C=O) groups is 2. The number of aromatic nitrogens is 1. The molecule has 0 saturated carbocycles. The third-order valence-corrected chi connectivity index (χ3v) is 5.40. The summed E-state index contributed by atoms with van der Waals surface area (Å²) in [4.78, 5) is 28.7. The van der Waals surface area contributed by atoms with Gasteiger partial charge in [0, 0.05) is 24.0 Å². The number of nitrogens with one attached hydrogen (secondary N) is 2. The molecule has 3 aromatic rings. The Balaban J connectivity index is 1.37. The Bertz CT molecular complexity index is 1020. The van der Waals surface area contributed by atoms with E-state index in [-0.39, 0.29) is 11.8 Å². The van der Waals surface area contributed by atoms with E-state index in [9.17, 15) is 9.59 Å². The smallest absolute Gasteiger partial charge is 0.270 e. The molecule has 2 amide bonds. The largest absolute Gasteiger partial charge is 0.486 e. The van der Waals surface area contributed by atoms with E-state index in [0.29, 0.717) is 37.4 Å². The Morgan fingerprint density at radius 2 is 1.55 bits per heavy atom. The zero-order valence-electron chi connectivity index (χ0n) is 18.0. The lowest BCUT2D eigenvalue weighted by atomic mass is 10.1. The number of aryl methyl sites for hydroxylation is 3. The lowest BCUT2D eigenvalue weighted by Gasteiger charge is -2.07. The van der Waals surface area contributed by atoms with Crippen molar-refractivity contribution in [2.75, 3.05) is 13.1 Å². The number of ether oxygens (including phenoxy) is 1. The van der Waals surface area contributed by atoms with Crippen LogP contribution in [0.5, 0.6) is 5.75 Å². The van der Waals surface area contributed by atoms with Crippen LogP contribution in [0.25, 0.3) is 0 Å². The molecular formula is C24H27N3O3S. The van der Waals surface area contributed by atoms with Crippen LogP contribution in [0.3, 0.4) is 0 Å². The van der Waals surface area contributed by atoms with E-state index in [2.05, 4.69) is 21.7 Å². The van der Waals surface area contributed by atoms with Crippen molar-refractivity contribution in [1.82, 2.24) is 15.6 Å². The predicted octanol–water partition coefficient (Wildman–Crippen LogP) is 4.20. The Hall–Kier alpha value is -3.19. The summed E-state index contributed by atoms with van der Waals surface area (Å²) in [6.45, 7) is 7.30. The minimum Gasteiger partial charge on any atom is -0.486 e. The Morgan fingerprint density at radius 1 is 0.903 bits per heavy atom. The first-order valence-electron chi connectivity index (χ1n) is 10.2. The van der Waals surface area contributed by atoms with E-state index in [4.69, 9.17) is 4.74 Å². The molecule has 0 fully saturated rings. The van der Waals surface area contributed by atoms with E-state index < -0.39 is 0 Å². The number of nitrogens with zero attached hydrogens (tertiary/aromatic N) is 1. The fraction of sp³-hybridized carbons (Fsp3) is 0.292. The van der Waals surface area contributed by atoms with E-state index in [1.165, 1.54) is 11.3 Å². The second kappa shape index (κ2) is 10.7. The molecule has 7 heteroatoms. The molecule has 0 bridgehead atoms. The molecule has 0 saturated heterocycles. The van der Waals surface area contributed by atoms with Crippen LogP contribution in [0.15, 0.2) is 47.8 Å². The minimum atomic E-state index is -0.223. The van der Waals surface area contributed by atoms with Crippen LogP contribution in [0.1, 0.15) is 49.0 Å². The molecule has 1 heterocycles. The average molecular weight is 438 g/mol. The summed E-state index contributed by atoms with van der Waals surface area (Å²) < 4.78 is 5.80. The first kappa shape index (κ1) is 22.5. The van der Waals surface area contributed by atoms with Crippen LogP contribution in [0.2, 0.25) is 0 Å². The van der Waals surface area contributed by atoms with Crippen molar-refractivity contribution in [3.63, 3.8) is 0 Å². The molecule has 0 radical (unpaired) electrons.